The molecule has 2 fully saturated rings. The van der Waals surface area contributed by atoms with E-state index >= 15 is 0 Å². The Hall–Kier alpha value is -1.64. The van der Waals surface area contributed by atoms with Crippen molar-refractivity contribution >= 4 is 16.7 Å². The average molecular weight is 282 g/mol. The Morgan fingerprint density at radius 2 is 2.14 bits per heavy atom. The van der Waals surface area contributed by atoms with Crippen molar-refractivity contribution in [1.29, 1.82) is 0 Å². The fourth-order valence-corrected chi connectivity index (χ4v) is 4.60. The average Bonchev–Trinajstić information content (AvgIpc) is 3.15. The Labute approximate surface area is 125 Å². The number of nitrogens with zero attached hydrogens (tertiary/aromatic N) is 2. The second-order valence-electron chi connectivity index (χ2n) is 6.94. The highest BCUT2D eigenvalue weighted by Crippen LogP contribution is 2.49. The number of aromatic nitrogens is 2. The third-order valence-electron chi connectivity index (χ3n) is 5.57. The molecule has 1 heterocycles. The van der Waals surface area contributed by atoms with Crippen LogP contribution in [0.4, 0.5) is 0 Å². The molecular formula is C18H22N2O. The molecule has 2 bridgehead atoms. The summed E-state index contributed by atoms with van der Waals surface area (Å²) in [5.74, 6) is 2.78. The molecular weight excluding hydrogens is 260 g/mol. The van der Waals surface area contributed by atoms with Gasteiger partial charge in [-0.3, -0.25) is 9.48 Å². The fraction of sp³-hybridized carbons (Fsp3) is 0.556. The van der Waals surface area contributed by atoms with Gasteiger partial charge in [0.15, 0.2) is 0 Å². The van der Waals surface area contributed by atoms with Gasteiger partial charge in [-0.25, -0.2) is 0 Å². The highest BCUT2D eigenvalue weighted by atomic mass is 16.1. The minimum Gasteiger partial charge on any atom is -0.299 e. The van der Waals surface area contributed by atoms with Crippen LogP contribution in [0.2, 0.25) is 0 Å². The third kappa shape index (κ3) is 2.29. The quantitative estimate of drug-likeness (QED) is 0.860. The second-order valence-corrected chi connectivity index (χ2v) is 6.94. The van der Waals surface area contributed by atoms with Gasteiger partial charge in [0.2, 0.25) is 0 Å². The van der Waals surface area contributed by atoms with Crippen LogP contribution in [-0.2, 0) is 18.3 Å². The molecule has 4 rings (SSSR count). The van der Waals surface area contributed by atoms with Gasteiger partial charge in [-0.05, 0) is 43.1 Å². The number of hydrogen-bond donors (Lipinski definition) is 0. The maximum absolute atomic E-state index is 12.4. The zero-order valence-electron chi connectivity index (χ0n) is 12.6. The van der Waals surface area contributed by atoms with E-state index < -0.39 is 0 Å². The Bertz CT molecular complexity index is 688. The molecule has 0 spiro atoms. The Morgan fingerprint density at radius 3 is 2.90 bits per heavy atom. The summed E-state index contributed by atoms with van der Waals surface area (Å²) >= 11 is 0. The monoisotopic (exact) mass is 282 g/mol. The van der Waals surface area contributed by atoms with Crippen LogP contribution in [0.1, 0.15) is 37.8 Å². The van der Waals surface area contributed by atoms with Gasteiger partial charge in [-0.15, -0.1) is 0 Å². The van der Waals surface area contributed by atoms with Crippen molar-refractivity contribution in [2.45, 2.75) is 38.5 Å². The van der Waals surface area contributed by atoms with E-state index in [0.717, 1.165) is 34.9 Å². The van der Waals surface area contributed by atoms with Crippen molar-refractivity contribution in [1.82, 2.24) is 9.78 Å². The number of aryl methyl sites for hydroxylation is 1. The summed E-state index contributed by atoms with van der Waals surface area (Å²) in [5.41, 5.74) is 2.06. The largest absolute Gasteiger partial charge is 0.299 e. The number of carbonyl (C=O) groups excluding carboxylic acids is 1. The SMILES string of the molecule is Cn1nc(CC(=O)CC2CC3CCC2C3)c2ccccc21. The first-order chi connectivity index (χ1) is 10.2. The number of Topliss-reactive ketones (excluding diaryl/α,β-unsaturated/α-hetero) is 1. The molecule has 2 aromatic rings. The van der Waals surface area contributed by atoms with E-state index in [1.807, 2.05) is 23.9 Å². The van der Waals surface area contributed by atoms with Crippen LogP contribution >= 0.6 is 0 Å². The first-order valence-electron chi connectivity index (χ1n) is 8.13. The van der Waals surface area contributed by atoms with Crippen LogP contribution in [-0.4, -0.2) is 15.6 Å². The lowest BCUT2D eigenvalue weighted by atomic mass is 9.84. The van der Waals surface area contributed by atoms with Gasteiger partial charge >= 0.3 is 0 Å². The molecule has 3 atom stereocenters. The van der Waals surface area contributed by atoms with Gasteiger partial charge in [-0.2, -0.15) is 5.10 Å². The van der Waals surface area contributed by atoms with Crippen molar-refractivity contribution in [3.8, 4) is 0 Å². The summed E-state index contributed by atoms with van der Waals surface area (Å²) in [6.07, 6.45) is 6.69. The summed E-state index contributed by atoms with van der Waals surface area (Å²) in [6, 6.07) is 8.17. The summed E-state index contributed by atoms with van der Waals surface area (Å²) < 4.78 is 1.88. The van der Waals surface area contributed by atoms with Gasteiger partial charge in [0.1, 0.15) is 5.78 Å². The molecule has 3 unspecified atom stereocenters. The summed E-state index contributed by atoms with van der Waals surface area (Å²) in [6.45, 7) is 0. The van der Waals surface area contributed by atoms with Gasteiger partial charge < -0.3 is 0 Å². The van der Waals surface area contributed by atoms with Crippen LogP contribution in [0, 0.1) is 17.8 Å². The topological polar surface area (TPSA) is 34.9 Å². The van der Waals surface area contributed by atoms with Crippen LogP contribution in [0.3, 0.4) is 0 Å². The normalized spacial score (nSPS) is 27.6. The molecule has 2 aliphatic carbocycles. The van der Waals surface area contributed by atoms with Crippen LogP contribution < -0.4 is 0 Å². The summed E-state index contributed by atoms with van der Waals surface area (Å²) in [5, 5.41) is 5.67. The molecule has 3 heteroatoms. The molecule has 1 aromatic carbocycles. The summed E-state index contributed by atoms with van der Waals surface area (Å²) in [4.78, 5) is 12.4. The molecule has 2 aliphatic rings. The zero-order valence-corrected chi connectivity index (χ0v) is 12.6. The molecule has 0 saturated heterocycles. The Kier molecular flexibility index (Phi) is 3.09. The standard InChI is InChI=1S/C18H22N2O/c1-20-18-5-3-2-4-16(18)17(19-20)11-15(21)10-14-9-12-6-7-13(14)8-12/h2-5,12-14H,6-11H2,1H3. The number of carbonyl (C=O) groups is 1. The van der Waals surface area contributed by atoms with Crippen molar-refractivity contribution in [2.75, 3.05) is 0 Å². The lowest BCUT2D eigenvalue weighted by molar-refractivity contribution is -0.119. The second kappa shape index (κ2) is 4.97. The van der Waals surface area contributed by atoms with Crippen LogP contribution in [0.25, 0.3) is 10.9 Å². The Morgan fingerprint density at radius 1 is 1.29 bits per heavy atom. The third-order valence-corrected chi connectivity index (χ3v) is 5.57. The molecule has 0 N–H and O–H groups in total. The van der Waals surface area contributed by atoms with Crippen molar-refractivity contribution in [3.05, 3.63) is 30.0 Å². The van der Waals surface area contributed by atoms with E-state index in [-0.39, 0.29) is 0 Å². The molecule has 21 heavy (non-hydrogen) atoms. The van der Waals surface area contributed by atoms with Crippen LogP contribution in [0.15, 0.2) is 24.3 Å². The highest BCUT2D eigenvalue weighted by Gasteiger charge is 2.40. The van der Waals surface area contributed by atoms with E-state index in [1.165, 1.54) is 25.7 Å². The highest BCUT2D eigenvalue weighted by molar-refractivity contribution is 5.88. The van der Waals surface area contributed by atoms with E-state index in [1.54, 1.807) is 0 Å². The minimum absolute atomic E-state index is 0.372. The van der Waals surface area contributed by atoms with Gasteiger partial charge in [0.05, 0.1) is 17.6 Å². The van der Waals surface area contributed by atoms with Crippen molar-refractivity contribution < 1.29 is 4.79 Å². The van der Waals surface area contributed by atoms with E-state index in [9.17, 15) is 4.79 Å². The minimum atomic E-state index is 0.372. The first kappa shape index (κ1) is 13.1. The van der Waals surface area contributed by atoms with Gasteiger partial charge in [0, 0.05) is 18.9 Å². The molecule has 0 radical (unpaired) electrons. The van der Waals surface area contributed by atoms with Gasteiger partial charge in [0.25, 0.3) is 0 Å². The van der Waals surface area contributed by atoms with E-state index in [2.05, 4.69) is 17.2 Å². The number of ketones is 1. The Balaban J connectivity index is 1.48. The zero-order chi connectivity index (χ0) is 14.4. The smallest absolute Gasteiger partial charge is 0.139 e. The molecule has 0 aliphatic heterocycles. The predicted molar refractivity (Wildman–Crippen MR) is 83.0 cm³/mol. The number of hydrogen-bond acceptors (Lipinski definition) is 2. The fourth-order valence-electron chi connectivity index (χ4n) is 4.60. The molecule has 0 amide bonds. The first-order valence-corrected chi connectivity index (χ1v) is 8.13. The summed E-state index contributed by atoms with van der Waals surface area (Å²) in [7, 11) is 1.95. The van der Waals surface area contributed by atoms with E-state index in [0.29, 0.717) is 18.1 Å². The number of fused-ring (bicyclic) bond motifs is 3. The van der Waals surface area contributed by atoms with Crippen molar-refractivity contribution in [3.63, 3.8) is 0 Å². The number of para-hydroxylation sites is 1. The van der Waals surface area contributed by atoms with Crippen molar-refractivity contribution in [2.24, 2.45) is 24.8 Å². The molecule has 110 valence electrons. The maximum Gasteiger partial charge on any atom is 0.139 e. The lowest BCUT2D eigenvalue weighted by Crippen LogP contribution is -2.16. The predicted octanol–water partition coefficient (Wildman–Crippen LogP) is 3.51. The maximum atomic E-state index is 12.4. The van der Waals surface area contributed by atoms with E-state index in [4.69, 9.17) is 0 Å². The van der Waals surface area contributed by atoms with Gasteiger partial charge in [-0.1, -0.05) is 24.6 Å². The lowest BCUT2D eigenvalue weighted by Gasteiger charge is -2.20. The number of benzene rings is 1. The molecule has 1 aromatic heterocycles. The molecule has 3 nitrogen and oxygen atoms in total. The number of rotatable bonds is 4. The van der Waals surface area contributed by atoms with Crippen LogP contribution in [0.5, 0.6) is 0 Å². The molecule has 2 saturated carbocycles.